The number of fused-ring (bicyclic) bond motifs is 2. The van der Waals surface area contributed by atoms with Gasteiger partial charge in [-0.2, -0.15) is 4.98 Å². The number of aryl methyl sites for hydroxylation is 1. The van der Waals surface area contributed by atoms with Crippen molar-refractivity contribution in [3.63, 3.8) is 0 Å². The highest BCUT2D eigenvalue weighted by Gasteiger charge is 2.32. The van der Waals surface area contributed by atoms with Gasteiger partial charge in [-0.25, -0.2) is 23.3 Å². The number of aromatic nitrogens is 6. The minimum atomic E-state index is -2.50. The maximum atomic E-state index is 13.2. The van der Waals surface area contributed by atoms with E-state index in [9.17, 15) is 13.6 Å². The summed E-state index contributed by atoms with van der Waals surface area (Å²) in [5.41, 5.74) is 2.95. The number of anilines is 2. The second-order valence-corrected chi connectivity index (χ2v) is 9.92. The van der Waals surface area contributed by atoms with Gasteiger partial charge in [0, 0.05) is 37.3 Å². The third-order valence-electron chi connectivity index (χ3n) is 7.03. The summed E-state index contributed by atoms with van der Waals surface area (Å²) in [6.07, 6.45) is 2.85. The Morgan fingerprint density at radius 3 is 2.62 bits per heavy atom. The predicted octanol–water partition coefficient (Wildman–Crippen LogP) is 4.01. The predicted molar refractivity (Wildman–Crippen MR) is 138 cm³/mol. The van der Waals surface area contributed by atoms with Crippen LogP contribution in [-0.2, 0) is 11.3 Å². The Labute approximate surface area is 212 Å². The Morgan fingerprint density at radius 2 is 1.95 bits per heavy atom. The lowest BCUT2D eigenvalue weighted by molar-refractivity contribution is -0.121. The summed E-state index contributed by atoms with van der Waals surface area (Å²) in [5, 5.41) is 14.3. The quantitative estimate of drug-likeness (QED) is 0.344. The molecule has 1 fully saturated rings. The molecule has 5 rings (SSSR count). The smallest absolute Gasteiger partial charge is 0.256 e. The number of pyridine rings is 1. The first-order valence-electron chi connectivity index (χ1n) is 12.4. The van der Waals surface area contributed by atoms with Gasteiger partial charge >= 0.3 is 0 Å². The number of halogens is 2. The van der Waals surface area contributed by atoms with Crippen molar-refractivity contribution in [2.24, 2.45) is 0 Å². The van der Waals surface area contributed by atoms with Crippen molar-refractivity contribution in [3.05, 3.63) is 30.2 Å². The van der Waals surface area contributed by atoms with Gasteiger partial charge in [-0.15, -0.1) is 5.10 Å². The molecule has 0 atom stereocenters. The van der Waals surface area contributed by atoms with Crippen molar-refractivity contribution in [2.75, 3.05) is 17.7 Å². The molecule has 4 heterocycles. The first-order valence-corrected chi connectivity index (χ1v) is 12.4. The minimum Gasteiger partial charge on any atom is -0.371 e. The van der Waals surface area contributed by atoms with E-state index >= 15 is 0 Å². The molecule has 37 heavy (non-hydrogen) atoms. The summed E-state index contributed by atoms with van der Waals surface area (Å²) in [7, 11) is 1.79. The van der Waals surface area contributed by atoms with E-state index in [1.54, 1.807) is 31.5 Å². The Bertz CT molecular complexity index is 1450. The molecule has 0 aliphatic heterocycles. The fourth-order valence-electron chi connectivity index (χ4n) is 5.22. The molecule has 12 heteroatoms. The van der Waals surface area contributed by atoms with Crippen LogP contribution >= 0.6 is 0 Å². The van der Waals surface area contributed by atoms with Crippen LogP contribution in [0.25, 0.3) is 27.9 Å². The minimum absolute atomic E-state index is 0.00739. The molecule has 0 bridgehead atoms. The number of amides is 1. The van der Waals surface area contributed by atoms with Gasteiger partial charge in [0.05, 0.1) is 12.2 Å². The SMILES string of the molecule is CNc1nc(NC2CCC(C)(NC(C)=O)CC2)nn2ccc(-c3ccc4nc(C)n(CC(F)F)c4n3)c12. The molecule has 196 valence electrons. The van der Waals surface area contributed by atoms with Crippen molar-refractivity contribution in [1.82, 2.24) is 34.4 Å². The first kappa shape index (κ1) is 24.8. The maximum absolute atomic E-state index is 13.2. The fraction of sp³-hybridized carbons (Fsp3) is 0.480. The zero-order chi connectivity index (χ0) is 26.3. The van der Waals surface area contributed by atoms with Crippen molar-refractivity contribution in [3.8, 4) is 11.3 Å². The summed E-state index contributed by atoms with van der Waals surface area (Å²) in [4.78, 5) is 25.3. The van der Waals surface area contributed by atoms with E-state index in [4.69, 9.17) is 9.97 Å². The topological polar surface area (TPSA) is 114 Å². The van der Waals surface area contributed by atoms with Crippen LogP contribution in [0.3, 0.4) is 0 Å². The maximum Gasteiger partial charge on any atom is 0.256 e. The standard InChI is InChI=1S/C25H31F2N9O/c1-14-29-19-6-5-18(31-23(19)35(14)13-20(26)27)17-9-12-36-21(17)22(28-4)32-24(34-36)30-16-7-10-25(3,11-8-16)33-15(2)37/h5-6,9,12,16,20H,7-8,10-11,13H2,1-4H3,(H,33,37)(H2,28,30,32,34). The van der Waals surface area contributed by atoms with Gasteiger partial charge < -0.3 is 20.5 Å². The molecule has 4 aromatic rings. The molecular weight excluding hydrogens is 480 g/mol. The highest BCUT2D eigenvalue weighted by atomic mass is 19.3. The molecule has 1 saturated carbocycles. The van der Waals surface area contributed by atoms with E-state index < -0.39 is 13.0 Å². The van der Waals surface area contributed by atoms with Crippen LogP contribution < -0.4 is 16.0 Å². The van der Waals surface area contributed by atoms with Gasteiger partial charge in [-0.05, 0) is 57.7 Å². The van der Waals surface area contributed by atoms with Gasteiger partial charge in [0.2, 0.25) is 11.9 Å². The molecule has 1 amide bonds. The number of carbonyl (C=O) groups excluding carboxylic acids is 1. The monoisotopic (exact) mass is 511 g/mol. The fourth-order valence-corrected chi connectivity index (χ4v) is 5.22. The molecule has 0 unspecified atom stereocenters. The lowest BCUT2D eigenvalue weighted by atomic mass is 9.81. The van der Waals surface area contributed by atoms with Crippen molar-refractivity contribution >= 4 is 34.4 Å². The van der Waals surface area contributed by atoms with Gasteiger partial charge in [-0.1, -0.05) is 0 Å². The van der Waals surface area contributed by atoms with E-state index in [1.807, 2.05) is 18.3 Å². The largest absolute Gasteiger partial charge is 0.371 e. The number of hydrogen-bond donors (Lipinski definition) is 3. The highest BCUT2D eigenvalue weighted by Crippen LogP contribution is 2.32. The Kier molecular flexibility index (Phi) is 6.42. The summed E-state index contributed by atoms with van der Waals surface area (Å²) in [5.74, 6) is 1.61. The van der Waals surface area contributed by atoms with Gasteiger partial charge in [-0.3, -0.25) is 4.79 Å². The van der Waals surface area contributed by atoms with E-state index in [1.165, 1.54) is 4.57 Å². The highest BCUT2D eigenvalue weighted by molar-refractivity contribution is 5.89. The Balaban J connectivity index is 1.43. The molecule has 0 radical (unpaired) electrons. The normalized spacial score (nSPS) is 20.0. The molecule has 4 aromatic heterocycles. The zero-order valence-electron chi connectivity index (χ0n) is 21.3. The Morgan fingerprint density at radius 1 is 1.19 bits per heavy atom. The summed E-state index contributed by atoms with van der Waals surface area (Å²) in [6, 6.07) is 5.71. The van der Waals surface area contributed by atoms with E-state index in [0.717, 1.165) is 36.8 Å². The molecule has 1 aliphatic rings. The van der Waals surface area contributed by atoms with Crippen LogP contribution in [-0.4, -0.2) is 60.1 Å². The van der Waals surface area contributed by atoms with E-state index in [2.05, 4.69) is 33.0 Å². The second-order valence-electron chi connectivity index (χ2n) is 9.92. The van der Waals surface area contributed by atoms with Crippen LogP contribution in [0.2, 0.25) is 0 Å². The van der Waals surface area contributed by atoms with E-state index in [0.29, 0.717) is 34.4 Å². The van der Waals surface area contributed by atoms with E-state index in [-0.39, 0.29) is 17.5 Å². The van der Waals surface area contributed by atoms with Gasteiger partial charge in [0.15, 0.2) is 11.5 Å². The molecule has 0 aromatic carbocycles. The third-order valence-corrected chi connectivity index (χ3v) is 7.03. The molecule has 0 spiro atoms. The number of imidazole rings is 1. The first-order chi connectivity index (χ1) is 17.7. The lowest BCUT2D eigenvalue weighted by Crippen LogP contribution is -2.49. The molecule has 10 nitrogen and oxygen atoms in total. The van der Waals surface area contributed by atoms with Crippen LogP contribution in [0.1, 0.15) is 45.4 Å². The number of rotatable bonds is 7. The molecule has 0 saturated heterocycles. The van der Waals surface area contributed by atoms with Crippen molar-refractivity contribution in [2.45, 2.75) is 71.0 Å². The average Bonchev–Trinajstić information content (AvgIpc) is 3.40. The number of nitrogens with zero attached hydrogens (tertiary/aromatic N) is 6. The summed E-state index contributed by atoms with van der Waals surface area (Å²) < 4.78 is 29.5. The Hall–Kier alpha value is -3.83. The lowest BCUT2D eigenvalue weighted by Gasteiger charge is -2.38. The van der Waals surface area contributed by atoms with Crippen LogP contribution in [0, 0.1) is 6.92 Å². The second kappa shape index (κ2) is 9.56. The van der Waals surface area contributed by atoms with Gasteiger partial charge in [0.25, 0.3) is 6.43 Å². The molecule has 3 N–H and O–H groups in total. The summed E-state index contributed by atoms with van der Waals surface area (Å²) >= 11 is 0. The van der Waals surface area contributed by atoms with Crippen molar-refractivity contribution < 1.29 is 13.6 Å². The number of alkyl halides is 2. The van der Waals surface area contributed by atoms with Gasteiger partial charge in [0.1, 0.15) is 16.9 Å². The van der Waals surface area contributed by atoms with Crippen LogP contribution in [0.4, 0.5) is 20.5 Å². The average molecular weight is 512 g/mol. The van der Waals surface area contributed by atoms with Crippen LogP contribution in [0.15, 0.2) is 24.4 Å². The third kappa shape index (κ3) is 4.92. The van der Waals surface area contributed by atoms with Crippen molar-refractivity contribution in [1.29, 1.82) is 0 Å². The number of nitrogens with one attached hydrogen (secondary N) is 3. The molecular formula is C25H31F2N9O. The number of hydrogen-bond acceptors (Lipinski definition) is 7. The van der Waals surface area contributed by atoms with Crippen LogP contribution in [0.5, 0.6) is 0 Å². The molecule has 1 aliphatic carbocycles. The number of carbonyl (C=O) groups is 1. The zero-order valence-corrected chi connectivity index (χ0v) is 21.3. The summed E-state index contributed by atoms with van der Waals surface area (Å²) in [6.45, 7) is 4.88.